The molecule has 0 radical (unpaired) electrons. The molecule has 0 aromatic rings. The summed E-state index contributed by atoms with van der Waals surface area (Å²) < 4.78 is 0. The van der Waals surface area contributed by atoms with E-state index in [1.54, 1.807) is 0 Å². The van der Waals surface area contributed by atoms with Crippen LogP contribution in [0.4, 0.5) is 0 Å². The third-order valence-electron chi connectivity index (χ3n) is 2.80. The van der Waals surface area contributed by atoms with E-state index in [1.807, 2.05) is 0 Å². The lowest BCUT2D eigenvalue weighted by Crippen LogP contribution is -2.48. The Hall–Kier alpha value is -1.79. The van der Waals surface area contributed by atoms with Crippen molar-refractivity contribution in [2.24, 2.45) is 0 Å². The van der Waals surface area contributed by atoms with Gasteiger partial charge in [0.15, 0.2) is 6.10 Å². The second-order valence-electron chi connectivity index (χ2n) is 4.51. The lowest BCUT2D eigenvalue weighted by atomic mass is 10.0. The van der Waals surface area contributed by atoms with Crippen molar-refractivity contribution in [3.8, 4) is 0 Å². The number of carboxylic acid groups (broad SMARTS) is 2. The molecule has 1 fully saturated rings. The summed E-state index contributed by atoms with van der Waals surface area (Å²) in [6, 6.07) is -0.641. The molecule has 1 aliphatic rings. The molecular weight excluding hydrogens is 306 g/mol. The summed E-state index contributed by atoms with van der Waals surface area (Å²) in [6.45, 7) is -0.843. The van der Waals surface area contributed by atoms with Crippen molar-refractivity contribution in [3.63, 3.8) is 0 Å². The number of aliphatic hydroxyl groups is 5. The maximum atomic E-state index is 10.4. The fraction of sp³-hybridized carbons (Fsp3) is 0.727. The van der Waals surface area contributed by atoms with Gasteiger partial charge in [0.2, 0.25) is 5.91 Å². The average Bonchev–Trinajstić information content (AvgIpc) is 2.91. The van der Waals surface area contributed by atoms with E-state index < -0.39 is 49.0 Å². The van der Waals surface area contributed by atoms with E-state index >= 15 is 0 Å². The molecule has 0 bridgehead atoms. The Morgan fingerprint density at radius 3 is 1.95 bits per heavy atom. The van der Waals surface area contributed by atoms with Gasteiger partial charge < -0.3 is 41.1 Å². The summed E-state index contributed by atoms with van der Waals surface area (Å²) in [7, 11) is 0. The molecule has 1 saturated heterocycles. The van der Waals surface area contributed by atoms with Crippen LogP contribution in [0.5, 0.6) is 0 Å². The van der Waals surface area contributed by atoms with Crippen LogP contribution < -0.4 is 5.32 Å². The van der Waals surface area contributed by atoms with E-state index in [9.17, 15) is 14.4 Å². The first kappa shape index (κ1) is 20.2. The van der Waals surface area contributed by atoms with Gasteiger partial charge in [-0.1, -0.05) is 0 Å². The Morgan fingerprint density at radius 1 is 1.14 bits per heavy atom. The van der Waals surface area contributed by atoms with Crippen LogP contribution in [0.1, 0.15) is 12.8 Å². The molecule has 5 atom stereocenters. The van der Waals surface area contributed by atoms with Crippen molar-refractivity contribution in [2.75, 3.05) is 6.61 Å². The summed E-state index contributed by atoms with van der Waals surface area (Å²) in [5, 5.41) is 62.4. The number of carbonyl (C=O) groups excluding carboxylic acids is 1. The number of amides is 1. The molecular formula is C11H19NO10. The Kier molecular flexibility index (Phi) is 8.52. The molecule has 8 N–H and O–H groups in total. The van der Waals surface area contributed by atoms with Gasteiger partial charge in [0, 0.05) is 6.42 Å². The van der Waals surface area contributed by atoms with Crippen molar-refractivity contribution in [1.29, 1.82) is 0 Å². The van der Waals surface area contributed by atoms with Gasteiger partial charge in [0.1, 0.15) is 24.4 Å². The first-order valence-electron chi connectivity index (χ1n) is 6.19. The van der Waals surface area contributed by atoms with Gasteiger partial charge in [-0.3, -0.25) is 4.79 Å². The van der Waals surface area contributed by atoms with Crippen LogP contribution in [0.3, 0.4) is 0 Å². The standard InChI is InChI=1S/C6H12O7.C5H7NO3/c7-1-2(8)3(9)4(10)5(11)6(12)13;7-4-2-1-3(6-4)5(8)9/h2-5,7-11H,1H2,(H,12,13);3H,1-2H2,(H,6,7)(H,8,9)/t2-,3-,4+,5-;3-/m10/s1. The first-order valence-corrected chi connectivity index (χ1v) is 6.19. The quantitative estimate of drug-likeness (QED) is 0.236. The fourth-order valence-electron chi connectivity index (χ4n) is 1.47. The highest BCUT2D eigenvalue weighted by Gasteiger charge is 2.33. The molecule has 128 valence electrons. The largest absolute Gasteiger partial charge is 0.480 e. The fourth-order valence-corrected chi connectivity index (χ4v) is 1.47. The molecule has 0 saturated carbocycles. The van der Waals surface area contributed by atoms with Gasteiger partial charge in [-0.15, -0.1) is 0 Å². The molecule has 11 heteroatoms. The van der Waals surface area contributed by atoms with E-state index in [0.717, 1.165) is 0 Å². The molecule has 0 aromatic heterocycles. The Bertz CT molecular complexity index is 400. The van der Waals surface area contributed by atoms with Crippen LogP contribution in [0.25, 0.3) is 0 Å². The Morgan fingerprint density at radius 2 is 1.68 bits per heavy atom. The minimum absolute atomic E-state index is 0.164. The predicted molar refractivity (Wildman–Crippen MR) is 67.5 cm³/mol. The molecule has 1 heterocycles. The predicted octanol–water partition coefficient (Wildman–Crippen LogP) is -4.14. The SMILES string of the molecule is O=C(O)[C@H](O)[C@@H](O)[C@H](O)[C@H](O)CO.O=C1CC[C@@H](C(=O)O)N1. The zero-order valence-corrected chi connectivity index (χ0v) is 11.4. The van der Waals surface area contributed by atoms with Crippen molar-refractivity contribution in [1.82, 2.24) is 5.32 Å². The maximum Gasteiger partial charge on any atom is 0.335 e. The average molecular weight is 325 g/mol. The van der Waals surface area contributed by atoms with Gasteiger partial charge in [0.25, 0.3) is 0 Å². The normalized spacial score (nSPS) is 22.6. The molecule has 11 nitrogen and oxygen atoms in total. The summed E-state index contributed by atoms with van der Waals surface area (Å²) in [6.07, 6.45) is -7.07. The molecule has 0 unspecified atom stereocenters. The monoisotopic (exact) mass is 325 g/mol. The molecule has 1 amide bonds. The van der Waals surface area contributed by atoms with Crippen LogP contribution in [0, 0.1) is 0 Å². The second-order valence-corrected chi connectivity index (χ2v) is 4.51. The van der Waals surface area contributed by atoms with Gasteiger partial charge >= 0.3 is 11.9 Å². The van der Waals surface area contributed by atoms with Crippen molar-refractivity contribution < 1.29 is 50.1 Å². The number of hydrogen-bond acceptors (Lipinski definition) is 8. The smallest absolute Gasteiger partial charge is 0.335 e. The van der Waals surface area contributed by atoms with Crippen molar-refractivity contribution in [2.45, 2.75) is 43.3 Å². The minimum atomic E-state index is -2.20. The number of aliphatic hydroxyl groups excluding tert-OH is 5. The third-order valence-corrected chi connectivity index (χ3v) is 2.80. The van der Waals surface area contributed by atoms with Gasteiger partial charge in [0.05, 0.1) is 6.61 Å². The lowest BCUT2D eigenvalue weighted by Gasteiger charge is -2.23. The van der Waals surface area contributed by atoms with E-state index in [-0.39, 0.29) is 5.91 Å². The lowest BCUT2D eigenvalue weighted by molar-refractivity contribution is -0.164. The number of hydrogen-bond donors (Lipinski definition) is 8. The van der Waals surface area contributed by atoms with Crippen LogP contribution in [-0.4, -0.2) is 90.7 Å². The highest BCUT2D eigenvalue weighted by atomic mass is 16.4. The number of carboxylic acids is 2. The first-order chi connectivity index (χ1) is 10.1. The summed E-state index contributed by atoms with van der Waals surface area (Å²) in [5.41, 5.74) is 0. The van der Waals surface area contributed by atoms with Gasteiger partial charge in [-0.25, -0.2) is 9.59 Å². The number of carbonyl (C=O) groups is 3. The topological polar surface area (TPSA) is 205 Å². The zero-order chi connectivity index (χ0) is 17.4. The van der Waals surface area contributed by atoms with Crippen LogP contribution in [0.15, 0.2) is 0 Å². The highest BCUT2D eigenvalue weighted by molar-refractivity contribution is 5.87. The molecule has 1 aliphatic heterocycles. The van der Waals surface area contributed by atoms with E-state index in [1.165, 1.54) is 0 Å². The number of rotatable bonds is 6. The van der Waals surface area contributed by atoms with E-state index in [2.05, 4.69) is 5.32 Å². The van der Waals surface area contributed by atoms with Crippen molar-refractivity contribution in [3.05, 3.63) is 0 Å². The maximum absolute atomic E-state index is 10.4. The van der Waals surface area contributed by atoms with Crippen molar-refractivity contribution >= 4 is 17.8 Å². The molecule has 22 heavy (non-hydrogen) atoms. The molecule has 1 rings (SSSR count). The van der Waals surface area contributed by atoms with Gasteiger partial charge in [-0.05, 0) is 6.42 Å². The van der Waals surface area contributed by atoms with Crippen LogP contribution in [0.2, 0.25) is 0 Å². The number of nitrogens with one attached hydrogen (secondary N) is 1. The molecule has 0 spiro atoms. The second kappa shape index (κ2) is 9.27. The third kappa shape index (κ3) is 6.32. The zero-order valence-electron chi connectivity index (χ0n) is 11.4. The van der Waals surface area contributed by atoms with E-state index in [4.69, 9.17) is 35.7 Å². The minimum Gasteiger partial charge on any atom is -0.480 e. The highest BCUT2D eigenvalue weighted by Crippen LogP contribution is 2.05. The summed E-state index contributed by atoms with van der Waals surface area (Å²) >= 11 is 0. The van der Waals surface area contributed by atoms with E-state index in [0.29, 0.717) is 12.8 Å². The summed E-state index contributed by atoms with van der Waals surface area (Å²) in [4.78, 5) is 30.6. The van der Waals surface area contributed by atoms with Crippen LogP contribution in [-0.2, 0) is 14.4 Å². The van der Waals surface area contributed by atoms with Crippen LogP contribution >= 0.6 is 0 Å². The molecule has 0 aromatic carbocycles. The van der Waals surface area contributed by atoms with Gasteiger partial charge in [-0.2, -0.15) is 0 Å². The Balaban J connectivity index is 0.000000425. The summed E-state index contributed by atoms with van der Waals surface area (Å²) in [5.74, 6) is -2.83. The Labute approximate surface area is 124 Å². The number of aliphatic carboxylic acids is 2. The molecule has 0 aliphatic carbocycles.